The van der Waals surface area contributed by atoms with E-state index in [1.165, 1.54) is 10.6 Å². The third kappa shape index (κ3) is 3.26. The van der Waals surface area contributed by atoms with Crippen molar-refractivity contribution in [1.82, 2.24) is 23.9 Å². The van der Waals surface area contributed by atoms with Crippen LogP contribution < -0.4 is 0 Å². The highest BCUT2D eigenvalue weighted by atomic mass is 32.2. The molecule has 4 heterocycles. The van der Waals surface area contributed by atoms with Crippen LogP contribution in [0, 0.1) is 0 Å². The third-order valence-electron chi connectivity index (χ3n) is 4.15. The highest BCUT2D eigenvalue weighted by Gasteiger charge is 2.30. The smallest absolute Gasteiger partial charge is 0.211 e. The topological polar surface area (TPSA) is 89.7 Å². The van der Waals surface area contributed by atoms with Crippen molar-refractivity contribution in [3.63, 3.8) is 0 Å². The zero-order valence-electron chi connectivity index (χ0n) is 13.6. The van der Waals surface area contributed by atoms with Gasteiger partial charge in [0.15, 0.2) is 11.5 Å². The number of hydrogen-bond donors (Lipinski definition) is 0. The summed E-state index contributed by atoms with van der Waals surface area (Å²) in [6.45, 7) is 0.914. The number of rotatable bonds is 3. The molecule has 130 valence electrons. The van der Waals surface area contributed by atoms with Crippen molar-refractivity contribution in [2.45, 2.75) is 6.10 Å². The first-order valence-electron chi connectivity index (χ1n) is 7.84. The van der Waals surface area contributed by atoms with E-state index in [-0.39, 0.29) is 6.54 Å². The van der Waals surface area contributed by atoms with Crippen LogP contribution in [0.3, 0.4) is 0 Å². The van der Waals surface area contributed by atoms with Crippen molar-refractivity contribution in [2.24, 2.45) is 0 Å². The second-order valence-corrected chi connectivity index (χ2v) is 7.89. The predicted octanol–water partition coefficient (Wildman–Crippen LogP) is 1.12. The number of sulfonamides is 1. The average Bonchev–Trinajstić information content (AvgIpc) is 3.05. The van der Waals surface area contributed by atoms with Crippen LogP contribution in [-0.4, -0.2) is 58.3 Å². The number of ether oxygens (including phenoxy) is 1. The molecule has 1 atom stereocenters. The summed E-state index contributed by atoms with van der Waals surface area (Å²) in [7, 11) is -3.25. The van der Waals surface area contributed by atoms with Gasteiger partial charge in [-0.1, -0.05) is 0 Å². The van der Waals surface area contributed by atoms with Crippen molar-refractivity contribution in [3.8, 4) is 11.1 Å². The number of pyridine rings is 2. The van der Waals surface area contributed by atoms with Gasteiger partial charge in [-0.25, -0.2) is 17.9 Å². The van der Waals surface area contributed by atoms with E-state index in [2.05, 4.69) is 15.1 Å². The second-order valence-electron chi connectivity index (χ2n) is 5.91. The number of hydrogen-bond acceptors (Lipinski definition) is 6. The monoisotopic (exact) mass is 359 g/mol. The van der Waals surface area contributed by atoms with Crippen LogP contribution in [0.25, 0.3) is 16.8 Å². The van der Waals surface area contributed by atoms with E-state index >= 15 is 0 Å². The van der Waals surface area contributed by atoms with Crippen LogP contribution in [0.1, 0.15) is 11.9 Å². The fourth-order valence-corrected chi connectivity index (χ4v) is 3.65. The Kier molecular flexibility index (Phi) is 3.98. The molecule has 25 heavy (non-hydrogen) atoms. The van der Waals surface area contributed by atoms with Crippen molar-refractivity contribution in [1.29, 1.82) is 0 Å². The van der Waals surface area contributed by atoms with Gasteiger partial charge in [0.1, 0.15) is 6.10 Å². The molecule has 8 nitrogen and oxygen atoms in total. The maximum Gasteiger partial charge on any atom is 0.211 e. The minimum absolute atomic E-state index is 0.229. The molecule has 9 heteroatoms. The standard InChI is InChI=1S/C16H17N5O3S/c1-25(22,23)20-8-9-24-14(11-20)16-18-15-3-2-13(10-21(15)19-16)12-4-6-17-7-5-12/h2-7,10,14H,8-9,11H2,1H3/t14-/m0/s1. The van der Waals surface area contributed by atoms with E-state index in [9.17, 15) is 8.42 Å². The Bertz CT molecular complexity index is 1000. The van der Waals surface area contributed by atoms with Crippen LogP contribution in [0.2, 0.25) is 0 Å². The number of aromatic nitrogens is 4. The maximum absolute atomic E-state index is 11.8. The number of nitrogens with zero attached hydrogens (tertiary/aromatic N) is 5. The van der Waals surface area contributed by atoms with Gasteiger partial charge in [-0.2, -0.15) is 4.31 Å². The molecule has 0 bridgehead atoms. The Morgan fingerprint density at radius 2 is 1.96 bits per heavy atom. The van der Waals surface area contributed by atoms with Gasteiger partial charge in [0, 0.05) is 37.2 Å². The van der Waals surface area contributed by atoms with Crippen molar-refractivity contribution < 1.29 is 13.2 Å². The van der Waals surface area contributed by atoms with Gasteiger partial charge >= 0.3 is 0 Å². The van der Waals surface area contributed by atoms with E-state index in [0.29, 0.717) is 24.6 Å². The molecule has 4 rings (SSSR count). The van der Waals surface area contributed by atoms with E-state index in [1.807, 2.05) is 30.5 Å². The van der Waals surface area contributed by atoms with Gasteiger partial charge < -0.3 is 4.74 Å². The Balaban J connectivity index is 1.65. The van der Waals surface area contributed by atoms with Gasteiger partial charge in [0.05, 0.1) is 12.9 Å². The van der Waals surface area contributed by atoms with Gasteiger partial charge in [0.2, 0.25) is 10.0 Å². The molecule has 0 unspecified atom stereocenters. The fraction of sp³-hybridized carbons (Fsp3) is 0.312. The van der Waals surface area contributed by atoms with Crippen LogP contribution in [0.15, 0.2) is 42.9 Å². The summed E-state index contributed by atoms with van der Waals surface area (Å²) in [5, 5.41) is 4.48. The zero-order chi connectivity index (χ0) is 17.4. The number of morpholine rings is 1. The summed E-state index contributed by atoms with van der Waals surface area (Å²) in [6, 6.07) is 7.69. The third-order valence-corrected chi connectivity index (χ3v) is 5.42. The molecule has 0 spiro atoms. The first-order valence-corrected chi connectivity index (χ1v) is 9.69. The lowest BCUT2D eigenvalue weighted by atomic mass is 10.1. The van der Waals surface area contributed by atoms with E-state index in [1.54, 1.807) is 16.9 Å². The Hall–Kier alpha value is -2.36. The normalized spacial score (nSPS) is 19.3. The second kappa shape index (κ2) is 6.17. The van der Waals surface area contributed by atoms with E-state index in [4.69, 9.17) is 4.74 Å². The minimum atomic E-state index is -3.25. The lowest BCUT2D eigenvalue weighted by Crippen LogP contribution is -2.41. The summed E-state index contributed by atoms with van der Waals surface area (Å²) in [5.41, 5.74) is 2.72. The SMILES string of the molecule is CS(=O)(=O)N1CCO[C@H](c2nc3ccc(-c4ccncc4)cn3n2)C1. The Morgan fingerprint density at radius 3 is 2.72 bits per heavy atom. The lowest BCUT2D eigenvalue weighted by Gasteiger charge is -2.29. The molecule has 1 saturated heterocycles. The molecule has 0 aromatic carbocycles. The fourth-order valence-electron chi connectivity index (χ4n) is 2.83. The van der Waals surface area contributed by atoms with Gasteiger partial charge in [0.25, 0.3) is 0 Å². The Morgan fingerprint density at radius 1 is 1.16 bits per heavy atom. The minimum Gasteiger partial charge on any atom is -0.367 e. The van der Waals surface area contributed by atoms with E-state index < -0.39 is 16.1 Å². The number of fused-ring (bicyclic) bond motifs is 1. The molecule has 3 aromatic heterocycles. The molecule has 0 aliphatic carbocycles. The van der Waals surface area contributed by atoms with Crippen molar-refractivity contribution in [2.75, 3.05) is 26.0 Å². The maximum atomic E-state index is 11.8. The summed E-state index contributed by atoms with van der Waals surface area (Å²) >= 11 is 0. The lowest BCUT2D eigenvalue weighted by molar-refractivity contribution is -0.00716. The largest absolute Gasteiger partial charge is 0.367 e. The Labute approximate surface area is 145 Å². The van der Waals surface area contributed by atoms with Crippen molar-refractivity contribution in [3.05, 3.63) is 48.7 Å². The summed E-state index contributed by atoms with van der Waals surface area (Å²) < 4.78 is 32.3. The zero-order valence-corrected chi connectivity index (χ0v) is 14.4. The molecule has 0 amide bonds. The molecule has 0 N–H and O–H groups in total. The molecular formula is C16H17N5O3S. The molecular weight excluding hydrogens is 342 g/mol. The molecule has 0 saturated carbocycles. The quantitative estimate of drug-likeness (QED) is 0.696. The predicted molar refractivity (Wildman–Crippen MR) is 91.3 cm³/mol. The summed E-state index contributed by atoms with van der Waals surface area (Å²) in [6.07, 6.45) is 6.10. The van der Waals surface area contributed by atoms with Crippen LogP contribution in [0.5, 0.6) is 0 Å². The molecule has 3 aromatic rings. The summed E-state index contributed by atoms with van der Waals surface area (Å²) in [4.78, 5) is 8.50. The highest BCUT2D eigenvalue weighted by molar-refractivity contribution is 7.88. The van der Waals surface area contributed by atoms with Crippen LogP contribution in [-0.2, 0) is 14.8 Å². The van der Waals surface area contributed by atoms with E-state index in [0.717, 1.165) is 11.1 Å². The van der Waals surface area contributed by atoms with Gasteiger partial charge in [-0.15, -0.1) is 5.10 Å². The molecule has 1 aliphatic heterocycles. The first kappa shape index (κ1) is 16.1. The molecule has 1 fully saturated rings. The molecule has 1 aliphatic rings. The average molecular weight is 359 g/mol. The van der Waals surface area contributed by atoms with Crippen molar-refractivity contribution >= 4 is 15.7 Å². The summed E-state index contributed by atoms with van der Waals surface area (Å²) in [5.74, 6) is 0.486. The van der Waals surface area contributed by atoms with Gasteiger partial charge in [-0.3, -0.25) is 4.98 Å². The van der Waals surface area contributed by atoms with Crippen LogP contribution in [0.4, 0.5) is 0 Å². The van der Waals surface area contributed by atoms with Crippen LogP contribution >= 0.6 is 0 Å². The molecule has 0 radical (unpaired) electrons. The first-order chi connectivity index (χ1) is 12.0. The van der Waals surface area contributed by atoms with Gasteiger partial charge in [-0.05, 0) is 29.8 Å². The highest BCUT2D eigenvalue weighted by Crippen LogP contribution is 2.23.